The molecule has 19 heavy (non-hydrogen) atoms. The number of carbonyl (C=O) groups excluding carboxylic acids is 2. The fraction of sp³-hybridized carbons (Fsp3) is 0.385. The lowest BCUT2D eigenvalue weighted by molar-refractivity contribution is -0.119. The van der Waals surface area contributed by atoms with Crippen molar-refractivity contribution in [3.05, 3.63) is 17.7 Å². The van der Waals surface area contributed by atoms with Crippen molar-refractivity contribution in [1.29, 1.82) is 0 Å². The minimum absolute atomic E-state index is 0.0712. The van der Waals surface area contributed by atoms with E-state index in [0.29, 0.717) is 29.1 Å². The van der Waals surface area contributed by atoms with Gasteiger partial charge in [-0.25, -0.2) is 0 Å². The molecule has 0 heterocycles. The van der Waals surface area contributed by atoms with Crippen LogP contribution in [0, 0.1) is 0 Å². The number of hydrogen-bond acceptors (Lipinski definition) is 5. The number of benzene rings is 1. The first-order chi connectivity index (χ1) is 9.01. The summed E-state index contributed by atoms with van der Waals surface area (Å²) in [5.74, 6) is 0.592. The van der Waals surface area contributed by atoms with E-state index in [9.17, 15) is 9.59 Å². The molecule has 0 bridgehead atoms. The summed E-state index contributed by atoms with van der Waals surface area (Å²) in [4.78, 5) is 21.7. The van der Waals surface area contributed by atoms with E-state index in [2.05, 4.69) is 0 Å². The summed E-state index contributed by atoms with van der Waals surface area (Å²) in [6.07, 6.45) is 0.325. The number of nitrogens with two attached hydrogens (primary N) is 1. The first kappa shape index (κ1) is 14.8. The summed E-state index contributed by atoms with van der Waals surface area (Å²) in [6, 6.07) is 3.06. The van der Waals surface area contributed by atoms with Gasteiger partial charge < -0.3 is 19.9 Å². The molecular weight excluding hydrogens is 250 g/mol. The molecule has 0 aliphatic carbocycles. The lowest BCUT2D eigenvalue weighted by atomic mass is 10.2. The molecule has 0 spiro atoms. The topological polar surface area (TPSA) is 87.8 Å². The number of methoxy groups -OCH3 is 2. The molecule has 2 N–H and O–H groups in total. The number of rotatable bonds is 7. The van der Waals surface area contributed by atoms with Crippen molar-refractivity contribution in [2.45, 2.75) is 19.4 Å². The summed E-state index contributed by atoms with van der Waals surface area (Å²) in [5.41, 5.74) is 5.51. The van der Waals surface area contributed by atoms with Crippen LogP contribution in [0.2, 0.25) is 0 Å². The predicted molar refractivity (Wildman–Crippen MR) is 68.8 cm³/mol. The van der Waals surface area contributed by atoms with Crippen molar-refractivity contribution in [3.8, 4) is 17.2 Å². The van der Waals surface area contributed by atoms with Gasteiger partial charge in [-0.15, -0.1) is 0 Å². The third-order valence-corrected chi connectivity index (χ3v) is 2.43. The molecule has 0 saturated heterocycles. The van der Waals surface area contributed by atoms with Gasteiger partial charge in [-0.2, -0.15) is 0 Å². The molecule has 0 aliphatic heterocycles. The highest BCUT2D eigenvalue weighted by atomic mass is 16.5. The molecule has 104 valence electrons. The summed E-state index contributed by atoms with van der Waals surface area (Å²) in [6.45, 7) is 1.71. The lowest BCUT2D eigenvalue weighted by Gasteiger charge is -2.18. The zero-order valence-corrected chi connectivity index (χ0v) is 11.1. The van der Waals surface area contributed by atoms with Crippen LogP contribution >= 0.6 is 0 Å². The molecule has 6 nitrogen and oxygen atoms in total. The van der Waals surface area contributed by atoms with E-state index in [0.717, 1.165) is 0 Å². The fourth-order valence-corrected chi connectivity index (χ4v) is 1.61. The van der Waals surface area contributed by atoms with Crippen molar-refractivity contribution >= 4 is 12.2 Å². The van der Waals surface area contributed by atoms with Crippen molar-refractivity contribution in [2.75, 3.05) is 14.2 Å². The third-order valence-electron chi connectivity index (χ3n) is 2.43. The molecule has 0 saturated carbocycles. The Kier molecular flexibility index (Phi) is 5.17. The van der Waals surface area contributed by atoms with Gasteiger partial charge in [0.15, 0.2) is 11.5 Å². The highest BCUT2D eigenvalue weighted by Crippen LogP contribution is 2.39. The maximum absolute atomic E-state index is 10.8. The predicted octanol–water partition coefficient (Wildman–Crippen LogP) is 1.16. The van der Waals surface area contributed by atoms with Gasteiger partial charge in [-0.3, -0.25) is 9.59 Å². The van der Waals surface area contributed by atoms with Crippen LogP contribution in [0.4, 0.5) is 0 Å². The molecular formula is C13H17NO5. The van der Waals surface area contributed by atoms with Crippen LogP contribution in [-0.2, 0) is 4.79 Å². The summed E-state index contributed by atoms with van der Waals surface area (Å²) >= 11 is 0. The Hall–Kier alpha value is -2.24. The minimum Gasteiger partial charge on any atom is -0.493 e. The normalized spacial score (nSPS) is 11.5. The molecule has 1 aromatic rings. The van der Waals surface area contributed by atoms with Crippen molar-refractivity contribution in [1.82, 2.24) is 0 Å². The monoisotopic (exact) mass is 267 g/mol. The first-order valence-electron chi connectivity index (χ1n) is 5.68. The Bertz CT molecular complexity index is 447. The first-order valence-corrected chi connectivity index (χ1v) is 5.68. The van der Waals surface area contributed by atoms with E-state index < -0.39 is 12.0 Å². The highest BCUT2D eigenvalue weighted by Gasteiger charge is 2.17. The largest absolute Gasteiger partial charge is 0.493 e. The molecule has 1 rings (SSSR count). The minimum atomic E-state index is -0.463. The van der Waals surface area contributed by atoms with E-state index >= 15 is 0 Å². The highest BCUT2D eigenvalue weighted by molar-refractivity contribution is 5.78. The van der Waals surface area contributed by atoms with Crippen molar-refractivity contribution in [3.63, 3.8) is 0 Å². The molecule has 0 radical (unpaired) electrons. The third kappa shape index (κ3) is 3.87. The van der Waals surface area contributed by atoms with Gasteiger partial charge in [-0.1, -0.05) is 0 Å². The molecule has 0 aromatic heterocycles. The van der Waals surface area contributed by atoms with E-state index in [1.807, 2.05) is 0 Å². The number of carbonyl (C=O) groups is 2. The number of hydrogen-bond donors (Lipinski definition) is 1. The Balaban J connectivity index is 3.09. The standard InChI is InChI=1S/C13H17NO5/c1-8(4-12(14)16)19-13-10(17-2)5-9(7-15)6-11(13)18-3/h5-8H,4H2,1-3H3,(H2,14,16). The van der Waals surface area contributed by atoms with Gasteiger partial charge in [0.1, 0.15) is 12.4 Å². The van der Waals surface area contributed by atoms with Crippen LogP contribution in [0.3, 0.4) is 0 Å². The lowest BCUT2D eigenvalue weighted by Crippen LogP contribution is -2.22. The summed E-state index contributed by atoms with van der Waals surface area (Å²) in [7, 11) is 2.91. The van der Waals surface area contributed by atoms with Gasteiger partial charge in [0.2, 0.25) is 11.7 Å². The van der Waals surface area contributed by atoms with Crippen LogP contribution in [0.15, 0.2) is 12.1 Å². The van der Waals surface area contributed by atoms with Gasteiger partial charge in [0.25, 0.3) is 0 Å². The van der Waals surface area contributed by atoms with E-state index in [1.165, 1.54) is 26.4 Å². The Labute approximate surface area is 111 Å². The smallest absolute Gasteiger partial charge is 0.221 e. The maximum atomic E-state index is 10.8. The quantitative estimate of drug-likeness (QED) is 0.749. The van der Waals surface area contributed by atoms with E-state index in [1.54, 1.807) is 6.92 Å². The zero-order chi connectivity index (χ0) is 14.4. The second kappa shape index (κ2) is 6.63. The molecule has 1 atom stereocenters. The Morgan fingerprint density at radius 2 is 1.84 bits per heavy atom. The Morgan fingerprint density at radius 1 is 1.32 bits per heavy atom. The van der Waals surface area contributed by atoms with Crippen LogP contribution < -0.4 is 19.9 Å². The van der Waals surface area contributed by atoms with Gasteiger partial charge in [0, 0.05) is 5.56 Å². The number of amides is 1. The second-order valence-electron chi connectivity index (χ2n) is 3.97. The van der Waals surface area contributed by atoms with Crippen LogP contribution in [0.5, 0.6) is 17.2 Å². The number of ether oxygens (including phenoxy) is 3. The van der Waals surface area contributed by atoms with E-state index in [-0.39, 0.29) is 6.42 Å². The second-order valence-corrected chi connectivity index (χ2v) is 3.97. The van der Waals surface area contributed by atoms with E-state index in [4.69, 9.17) is 19.9 Å². The number of primary amides is 1. The van der Waals surface area contributed by atoms with Crippen LogP contribution in [0.25, 0.3) is 0 Å². The molecule has 1 aromatic carbocycles. The van der Waals surface area contributed by atoms with Gasteiger partial charge >= 0.3 is 0 Å². The Morgan fingerprint density at radius 3 is 2.21 bits per heavy atom. The van der Waals surface area contributed by atoms with Crippen LogP contribution in [-0.4, -0.2) is 32.5 Å². The number of aldehydes is 1. The molecule has 0 aliphatic rings. The summed E-state index contributed by atoms with van der Waals surface area (Å²) < 4.78 is 15.9. The zero-order valence-electron chi connectivity index (χ0n) is 11.1. The molecule has 1 unspecified atom stereocenters. The average molecular weight is 267 g/mol. The van der Waals surface area contributed by atoms with Gasteiger partial charge in [-0.05, 0) is 19.1 Å². The molecule has 0 fully saturated rings. The molecule has 1 amide bonds. The fourth-order valence-electron chi connectivity index (χ4n) is 1.61. The maximum Gasteiger partial charge on any atom is 0.221 e. The van der Waals surface area contributed by atoms with Crippen LogP contribution in [0.1, 0.15) is 23.7 Å². The van der Waals surface area contributed by atoms with Crippen molar-refractivity contribution < 1.29 is 23.8 Å². The average Bonchev–Trinajstić information content (AvgIpc) is 2.37. The summed E-state index contributed by atoms with van der Waals surface area (Å²) in [5, 5.41) is 0. The molecule has 6 heteroatoms. The SMILES string of the molecule is COc1cc(C=O)cc(OC)c1OC(C)CC(N)=O. The van der Waals surface area contributed by atoms with Crippen molar-refractivity contribution in [2.24, 2.45) is 5.73 Å². The van der Waals surface area contributed by atoms with Gasteiger partial charge in [0.05, 0.1) is 20.6 Å².